The number of aromatic hydroxyl groups is 4. The van der Waals surface area contributed by atoms with E-state index < -0.39 is 5.31 Å². The van der Waals surface area contributed by atoms with E-state index in [9.17, 15) is 20.4 Å². The number of halogens is 3. The number of phenols is 4. The molecule has 0 amide bonds. The third kappa shape index (κ3) is 3.32. The molecule has 0 aliphatic rings. The van der Waals surface area contributed by atoms with E-state index in [0.717, 1.165) is 30.3 Å². The fraction of sp³-hybridized carbons (Fsp3) is 0.167. The monoisotopic (exact) mass is 642 g/mol. The molecular formula is C24H22Br3O4P. The van der Waals surface area contributed by atoms with Gasteiger partial charge in [-0.2, -0.15) is 0 Å². The minimum absolute atomic E-state index is 0.165. The van der Waals surface area contributed by atoms with E-state index in [1.165, 1.54) is 0 Å². The van der Waals surface area contributed by atoms with Crippen LogP contribution in [-0.4, -0.2) is 32.7 Å². The predicted octanol–water partition coefficient (Wildman–Crippen LogP) is 7.19. The number of fused-ring (bicyclic) bond motifs is 2. The van der Waals surface area contributed by atoms with E-state index >= 15 is 0 Å². The van der Waals surface area contributed by atoms with Crippen LogP contribution in [0, 0.1) is 0 Å². The second-order valence-electron chi connectivity index (χ2n) is 7.92. The molecule has 8 heteroatoms. The van der Waals surface area contributed by atoms with Gasteiger partial charge in [0.25, 0.3) is 0 Å². The molecule has 32 heavy (non-hydrogen) atoms. The number of hydrogen-bond donors (Lipinski definition) is 4. The Morgan fingerprint density at radius 3 is 1.34 bits per heavy atom. The van der Waals surface area contributed by atoms with E-state index in [-0.39, 0.29) is 23.0 Å². The van der Waals surface area contributed by atoms with Crippen molar-refractivity contribution in [3.8, 4) is 23.0 Å². The molecule has 0 unspecified atom stereocenters. The predicted molar refractivity (Wildman–Crippen MR) is 146 cm³/mol. The van der Waals surface area contributed by atoms with Crippen molar-refractivity contribution in [1.82, 2.24) is 0 Å². The van der Waals surface area contributed by atoms with E-state index in [2.05, 4.69) is 61.2 Å². The van der Waals surface area contributed by atoms with Gasteiger partial charge >= 0.3 is 212 Å². The Bertz CT molecular complexity index is 1300. The molecule has 0 aliphatic heterocycles. The Labute approximate surface area is 210 Å². The molecule has 4 rings (SSSR count). The molecule has 168 valence electrons. The summed E-state index contributed by atoms with van der Waals surface area (Å²) in [6, 6.07) is 14.4. The molecule has 4 aromatic carbocycles. The van der Waals surface area contributed by atoms with Gasteiger partial charge in [-0.05, 0) is 0 Å². The molecule has 0 bridgehead atoms. The summed E-state index contributed by atoms with van der Waals surface area (Å²) in [5.74, 6) is -0.721. The van der Waals surface area contributed by atoms with E-state index in [4.69, 9.17) is 0 Å². The SMILES string of the molecule is CCP(Br)(CC)(c1cc(O)c(O)c2ccc(Br)cc12)c1cc(O)c(O)c2ccc(Br)cc12. The fourth-order valence-electron chi connectivity index (χ4n) is 4.58. The molecule has 4 nitrogen and oxygen atoms in total. The van der Waals surface area contributed by atoms with Crippen LogP contribution in [0.1, 0.15) is 13.8 Å². The van der Waals surface area contributed by atoms with Gasteiger partial charge in [-0.3, -0.25) is 0 Å². The average Bonchev–Trinajstić information content (AvgIpc) is 2.78. The van der Waals surface area contributed by atoms with Crippen LogP contribution in [0.3, 0.4) is 0 Å². The molecule has 0 radical (unpaired) electrons. The van der Waals surface area contributed by atoms with Gasteiger partial charge in [-0.15, -0.1) is 0 Å². The first-order chi connectivity index (χ1) is 15.0. The molecule has 0 aliphatic carbocycles. The number of phenolic OH excluding ortho intramolecular Hbond substituents is 4. The summed E-state index contributed by atoms with van der Waals surface area (Å²) in [5, 5.41) is 43.7. The Balaban J connectivity index is 2.27. The van der Waals surface area contributed by atoms with E-state index in [0.29, 0.717) is 23.1 Å². The fourth-order valence-corrected chi connectivity index (χ4v) is 11.4. The van der Waals surface area contributed by atoms with Gasteiger partial charge < -0.3 is 0 Å². The normalized spacial score (nSPS) is 13.3. The van der Waals surface area contributed by atoms with E-state index in [1.54, 1.807) is 24.3 Å². The quantitative estimate of drug-likeness (QED) is 0.140. The Hall–Kier alpha value is -1.53. The summed E-state index contributed by atoms with van der Waals surface area (Å²) in [5.41, 5.74) is 0. The van der Waals surface area contributed by atoms with Crippen LogP contribution in [0.25, 0.3) is 21.5 Å². The molecule has 0 atom stereocenters. The maximum atomic E-state index is 10.7. The Morgan fingerprint density at radius 2 is 1.00 bits per heavy atom. The van der Waals surface area contributed by atoms with Crippen LogP contribution in [-0.2, 0) is 0 Å². The molecule has 0 fully saturated rings. The number of hydrogen-bond acceptors (Lipinski definition) is 4. The van der Waals surface area contributed by atoms with Crippen molar-refractivity contribution in [2.45, 2.75) is 13.8 Å². The van der Waals surface area contributed by atoms with Crippen LogP contribution < -0.4 is 10.6 Å². The van der Waals surface area contributed by atoms with Crippen molar-refractivity contribution >= 4 is 84.8 Å². The van der Waals surface area contributed by atoms with Crippen LogP contribution in [0.2, 0.25) is 0 Å². The van der Waals surface area contributed by atoms with Gasteiger partial charge in [0.15, 0.2) is 0 Å². The van der Waals surface area contributed by atoms with Crippen molar-refractivity contribution in [2.75, 3.05) is 12.3 Å². The van der Waals surface area contributed by atoms with E-state index in [1.807, 2.05) is 24.3 Å². The van der Waals surface area contributed by atoms with Crippen LogP contribution in [0.15, 0.2) is 57.5 Å². The van der Waals surface area contributed by atoms with Crippen molar-refractivity contribution in [2.24, 2.45) is 0 Å². The van der Waals surface area contributed by atoms with Crippen molar-refractivity contribution in [3.05, 3.63) is 57.5 Å². The van der Waals surface area contributed by atoms with Crippen molar-refractivity contribution in [3.63, 3.8) is 0 Å². The minimum atomic E-state index is -3.27. The first-order valence-electron chi connectivity index (χ1n) is 10.1. The van der Waals surface area contributed by atoms with Crippen molar-refractivity contribution < 1.29 is 20.4 Å². The molecule has 4 N–H and O–H groups in total. The van der Waals surface area contributed by atoms with Gasteiger partial charge in [0.1, 0.15) is 0 Å². The maximum absolute atomic E-state index is 10.7. The number of rotatable bonds is 4. The molecule has 0 heterocycles. The Kier molecular flexibility index (Phi) is 5.94. The van der Waals surface area contributed by atoms with Crippen LogP contribution in [0.4, 0.5) is 0 Å². The molecule has 0 spiro atoms. The van der Waals surface area contributed by atoms with Gasteiger partial charge in [0, 0.05) is 0 Å². The van der Waals surface area contributed by atoms with Gasteiger partial charge in [-0.25, -0.2) is 0 Å². The molecule has 4 aromatic rings. The molecular weight excluding hydrogens is 623 g/mol. The van der Waals surface area contributed by atoms with Crippen molar-refractivity contribution in [1.29, 1.82) is 0 Å². The van der Waals surface area contributed by atoms with Crippen LogP contribution in [0.5, 0.6) is 23.0 Å². The summed E-state index contributed by atoms with van der Waals surface area (Å²) in [4.78, 5) is 0. The van der Waals surface area contributed by atoms with Gasteiger partial charge in [-0.1, -0.05) is 0 Å². The van der Waals surface area contributed by atoms with Crippen LogP contribution >= 0.6 is 52.7 Å². The second kappa shape index (κ2) is 8.05. The van der Waals surface area contributed by atoms with Gasteiger partial charge in [0.2, 0.25) is 0 Å². The first-order valence-corrected chi connectivity index (χ1v) is 16.3. The summed E-state index contributed by atoms with van der Waals surface area (Å²) < 4.78 is 1.70. The Morgan fingerprint density at radius 1 is 0.625 bits per heavy atom. The molecule has 0 saturated carbocycles. The zero-order valence-electron chi connectivity index (χ0n) is 17.4. The summed E-state index contributed by atoms with van der Waals surface area (Å²) >= 11 is 11.3. The second-order valence-corrected chi connectivity index (χ2v) is 19.9. The zero-order valence-corrected chi connectivity index (χ0v) is 23.1. The topological polar surface area (TPSA) is 80.9 Å². The zero-order chi connectivity index (χ0) is 23.4. The summed E-state index contributed by atoms with van der Waals surface area (Å²) in [7, 11) is 0. The third-order valence-electron chi connectivity index (χ3n) is 6.48. The standard InChI is InChI=1S/C24H22Br3O4P/c1-3-32(27,4-2,21-11-19(28)23(30)15-7-5-13(25)9-17(15)21)22-12-20(29)24(31)16-8-6-14(26)10-18(16)22/h5-12,28-31H,3-4H2,1-2H3. The third-order valence-corrected chi connectivity index (χ3v) is 18.4. The summed E-state index contributed by atoms with van der Waals surface area (Å²) in [6.07, 6.45) is 1.36. The van der Waals surface area contributed by atoms with Gasteiger partial charge in [0.05, 0.1) is 0 Å². The molecule has 0 aromatic heterocycles. The average molecular weight is 645 g/mol. The summed E-state index contributed by atoms with van der Waals surface area (Å²) in [6.45, 7) is 4.16. The molecule has 0 saturated heterocycles. The first kappa shape index (κ1) is 23.6. The number of benzene rings is 4.